The lowest BCUT2D eigenvalue weighted by atomic mass is 9.94. The van der Waals surface area contributed by atoms with Crippen LogP contribution in [0.4, 0.5) is 0 Å². The lowest BCUT2D eigenvalue weighted by molar-refractivity contribution is 0.393. The Morgan fingerprint density at radius 1 is 0.919 bits per heavy atom. The van der Waals surface area contributed by atoms with Gasteiger partial charge in [-0.3, -0.25) is 4.98 Å². The van der Waals surface area contributed by atoms with E-state index in [1.165, 1.54) is 0 Å². The van der Waals surface area contributed by atoms with E-state index in [4.69, 9.17) is 14.0 Å². The van der Waals surface area contributed by atoms with Crippen LogP contribution in [0.1, 0.15) is 49.5 Å². The first-order valence-electron chi connectivity index (χ1n) is 12.2. The standard InChI is InChI=1S/C29H30N4O3S/c1-18-27(19(2)35-31-18)24-15-10-11-20(30-24)17-25(33-37(34)29(3,4)5)21-12-6-7-13-22(21)28-23-14-8-9-16-26(23)36-32-28/h6-16,25,33H,17H2,1-5H3/t25-,37?/m0/s1. The first kappa shape index (κ1) is 25.2. The molecule has 2 atom stereocenters. The zero-order chi connectivity index (χ0) is 26.2. The number of para-hydroxylation sites is 1. The van der Waals surface area contributed by atoms with Crippen LogP contribution >= 0.6 is 0 Å². The molecule has 1 unspecified atom stereocenters. The van der Waals surface area contributed by atoms with Crippen LogP contribution in [0.25, 0.3) is 33.5 Å². The Morgan fingerprint density at radius 2 is 1.68 bits per heavy atom. The second kappa shape index (κ2) is 10.1. The molecule has 2 aromatic carbocycles. The Hall–Kier alpha value is -3.46. The van der Waals surface area contributed by atoms with Gasteiger partial charge in [-0.25, -0.2) is 0 Å². The largest absolute Gasteiger partial charge is 0.598 e. The zero-order valence-corrected chi connectivity index (χ0v) is 22.4. The minimum Gasteiger partial charge on any atom is -0.598 e. The highest BCUT2D eigenvalue weighted by Gasteiger charge is 2.32. The van der Waals surface area contributed by atoms with Crippen molar-refractivity contribution in [1.29, 1.82) is 0 Å². The summed E-state index contributed by atoms with van der Waals surface area (Å²) in [5.74, 6) is 0.730. The van der Waals surface area contributed by atoms with Gasteiger partial charge in [-0.05, 0) is 64.4 Å². The van der Waals surface area contributed by atoms with Crippen LogP contribution in [0.2, 0.25) is 0 Å². The molecule has 0 aliphatic carbocycles. The molecule has 0 saturated carbocycles. The Bertz CT molecular complexity index is 1520. The van der Waals surface area contributed by atoms with E-state index in [1.807, 2.05) is 95.3 Å². The number of fused-ring (bicyclic) bond motifs is 1. The molecule has 8 heteroatoms. The number of rotatable bonds is 7. The first-order chi connectivity index (χ1) is 17.7. The van der Waals surface area contributed by atoms with E-state index in [-0.39, 0.29) is 6.04 Å². The van der Waals surface area contributed by atoms with E-state index < -0.39 is 16.1 Å². The zero-order valence-electron chi connectivity index (χ0n) is 21.6. The van der Waals surface area contributed by atoms with E-state index in [0.717, 1.165) is 56.2 Å². The fourth-order valence-corrected chi connectivity index (χ4v) is 5.23. The number of hydrogen-bond acceptors (Lipinski definition) is 7. The van der Waals surface area contributed by atoms with E-state index >= 15 is 0 Å². The van der Waals surface area contributed by atoms with Gasteiger partial charge in [0.05, 0.1) is 23.0 Å². The summed E-state index contributed by atoms with van der Waals surface area (Å²) >= 11 is -1.31. The second-order valence-electron chi connectivity index (χ2n) is 10.1. The molecule has 5 aromatic rings. The van der Waals surface area contributed by atoms with Crippen molar-refractivity contribution in [3.05, 3.63) is 89.4 Å². The Kier molecular flexibility index (Phi) is 6.90. The van der Waals surface area contributed by atoms with Crippen LogP contribution in [-0.4, -0.2) is 24.6 Å². The van der Waals surface area contributed by atoms with Crippen LogP contribution in [0, 0.1) is 13.8 Å². The lowest BCUT2D eigenvalue weighted by Crippen LogP contribution is -2.42. The number of pyridine rings is 1. The second-order valence-corrected chi connectivity index (χ2v) is 12.1. The van der Waals surface area contributed by atoms with Gasteiger partial charge >= 0.3 is 0 Å². The van der Waals surface area contributed by atoms with Crippen LogP contribution in [0.3, 0.4) is 0 Å². The van der Waals surface area contributed by atoms with Crippen molar-refractivity contribution in [2.75, 3.05) is 0 Å². The average Bonchev–Trinajstić information content (AvgIpc) is 3.45. The SMILES string of the molecule is Cc1noc(C)c1-c1cccc(C[C@H](N[S+]([O-])C(C)(C)C)c2ccccc2-c2noc3ccccc23)n1. The maximum atomic E-state index is 13.3. The third-order valence-corrected chi connectivity index (χ3v) is 7.89. The minimum atomic E-state index is -1.31. The molecule has 0 saturated heterocycles. The number of nitrogens with one attached hydrogen (secondary N) is 1. The quantitative estimate of drug-likeness (QED) is 0.248. The molecule has 37 heavy (non-hydrogen) atoms. The van der Waals surface area contributed by atoms with Gasteiger partial charge in [-0.1, -0.05) is 52.8 Å². The monoisotopic (exact) mass is 514 g/mol. The van der Waals surface area contributed by atoms with Gasteiger partial charge in [0, 0.05) is 34.4 Å². The summed E-state index contributed by atoms with van der Waals surface area (Å²) in [5.41, 5.74) is 6.76. The molecular weight excluding hydrogens is 484 g/mol. The first-order valence-corrected chi connectivity index (χ1v) is 13.4. The smallest absolute Gasteiger partial charge is 0.167 e. The molecule has 190 valence electrons. The van der Waals surface area contributed by atoms with Gasteiger partial charge < -0.3 is 13.6 Å². The molecule has 1 N–H and O–H groups in total. The summed E-state index contributed by atoms with van der Waals surface area (Å²) in [5, 5.41) is 9.41. The minimum absolute atomic E-state index is 0.292. The van der Waals surface area contributed by atoms with Gasteiger partial charge in [0.1, 0.15) is 16.2 Å². The van der Waals surface area contributed by atoms with Gasteiger partial charge in [0.2, 0.25) is 0 Å². The van der Waals surface area contributed by atoms with Crippen LogP contribution in [0.15, 0.2) is 75.8 Å². The molecule has 7 nitrogen and oxygen atoms in total. The highest BCUT2D eigenvalue weighted by atomic mass is 32.2. The number of aryl methyl sites for hydroxylation is 2. The summed E-state index contributed by atoms with van der Waals surface area (Å²) in [7, 11) is 0. The highest BCUT2D eigenvalue weighted by Crippen LogP contribution is 2.35. The summed E-state index contributed by atoms with van der Waals surface area (Å²) in [6.45, 7) is 9.68. The molecule has 0 fully saturated rings. The van der Waals surface area contributed by atoms with Gasteiger partial charge in [0.25, 0.3) is 0 Å². The van der Waals surface area contributed by atoms with Gasteiger partial charge in [-0.2, -0.15) is 0 Å². The fourth-order valence-electron chi connectivity index (χ4n) is 4.41. The summed E-state index contributed by atoms with van der Waals surface area (Å²) in [4.78, 5) is 4.94. The van der Waals surface area contributed by atoms with Crippen LogP contribution in [-0.2, 0) is 17.8 Å². The number of benzene rings is 2. The summed E-state index contributed by atoms with van der Waals surface area (Å²) in [6, 6.07) is 21.5. The summed E-state index contributed by atoms with van der Waals surface area (Å²) in [6.07, 6.45) is 0.520. The van der Waals surface area contributed by atoms with Crippen molar-refractivity contribution in [3.63, 3.8) is 0 Å². The third-order valence-electron chi connectivity index (χ3n) is 6.28. The third kappa shape index (κ3) is 5.18. The average molecular weight is 515 g/mol. The molecule has 0 radical (unpaired) electrons. The number of aromatic nitrogens is 3. The predicted molar refractivity (Wildman–Crippen MR) is 146 cm³/mol. The van der Waals surface area contributed by atoms with E-state index in [0.29, 0.717) is 6.42 Å². The van der Waals surface area contributed by atoms with E-state index in [1.54, 1.807) is 0 Å². The molecule has 0 spiro atoms. The number of nitrogens with zero attached hydrogens (tertiary/aromatic N) is 3. The molecule has 3 aromatic heterocycles. The number of hydrogen-bond donors (Lipinski definition) is 1. The maximum absolute atomic E-state index is 13.3. The molecule has 0 aliphatic rings. The van der Waals surface area contributed by atoms with Crippen LogP contribution in [0.5, 0.6) is 0 Å². The van der Waals surface area contributed by atoms with Gasteiger partial charge in [-0.15, -0.1) is 4.72 Å². The molecule has 0 aliphatic heterocycles. The Labute approximate surface area is 219 Å². The Balaban J connectivity index is 1.58. The molecule has 3 heterocycles. The van der Waals surface area contributed by atoms with Crippen molar-refractivity contribution in [1.82, 2.24) is 20.0 Å². The Morgan fingerprint density at radius 3 is 2.43 bits per heavy atom. The van der Waals surface area contributed by atoms with Crippen molar-refractivity contribution >= 4 is 22.3 Å². The molecular formula is C29H30N4O3S. The highest BCUT2D eigenvalue weighted by molar-refractivity contribution is 7.90. The fraction of sp³-hybridized carbons (Fsp3) is 0.276. The topological polar surface area (TPSA) is 100 Å². The van der Waals surface area contributed by atoms with Crippen molar-refractivity contribution in [3.8, 4) is 22.5 Å². The molecule has 0 bridgehead atoms. The predicted octanol–water partition coefficient (Wildman–Crippen LogP) is 6.50. The lowest BCUT2D eigenvalue weighted by Gasteiger charge is -2.29. The van der Waals surface area contributed by atoms with E-state index in [9.17, 15) is 4.55 Å². The summed E-state index contributed by atoms with van der Waals surface area (Å²) < 4.78 is 27.2. The van der Waals surface area contributed by atoms with E-state index in [2.05, 4.69) is 21.1 Å². The molecule has 5 rings (SSSR count). The van der Waals surface area contributed by atoms with Crippen molar-refractivity contribution in [2.45, 2.75) is 51.8 Å². The van der Waals surface area contributed by atoms with Crippen LogP contribution < -0.4 is 4.72 Å². The van der Waals surface area contributed by atoms with Crippen molar-refractivity contribution < 1.29 is 13.6 Å². The normalized spacial score (nSPS) is 13.7. The molecule has 0 amide bonds. The van der Waals surface area contributed by atoms with Crippen molar-refractivity contribution in [2.24, 2.45) is 0 Å². The maximum Gasteiger partial charge on any atom is 0.167 e. The van der Waals surface area contributed by atoms with Gasteiger partial charge in [0.15, 0.2) is 5.58 Å².